The highest BCUT2D eigenvalue weighted by Crippen LogP contribution is 2.40. The van der Waals surface area contributed by atoms with Gasteiger partial charge in [0.05, 0.1) is 5.69 Å². The predicted molar refractivity (Wildman–Crippen MR) is 50.7 cm³/mol. The summed E-state index contributed by atoms with van der Waals surface area (Å²) in [5.41, 5.74) is 0.476. The maximum Gasteiger partial charge on any atom is 0.289 e. The first-order valence-electron chi connectivity index (χ1n) is 4.36. The van der Waals surface area contributed by atoms with E-state index in [9.17, 15) is 9.18 Å². The first-order chi connectivity index (χ1) is 7.15. The second-order valence-corrected chi connectivity index (χ2v) is 3.14. The summed E-state index contributed by atoms with van der Waals surface area (Å²) in [6.45, 7) is 0. The number of amides is 1. The van der Waals surface area contributed by atoms with E-state index in [2.05, 4.69) is 5.32 Å². The highest BCUT2D eigenvalue weighted by atomic mass is 19.1. The molecule has 0 bridgehead atoms. The van der Waals surface area contributed by atoms with Crippen LogP contribution in [-0.4, -0.2) is 20.1 Å². The summed E-state index contributed by atoms with van der Waals surface area (Å²) >= 11 is 0. The van der Waals surface area contributed by atoms with Crippen LogP contribution in [0.5, 0.6) is 0 Å². The van der Waals surface area contributed by atoms with Gasteiger partial charge in [-0.25, -0.2) is 4.39 Å². The zero-order chi connectivity index (χ0) is 11.1. The SMILES string of the molecule is COC1(OC)C(=O)Nc2c(F)cccc21. The van der Waals surface area contributed by atoms with Gasteiger partial charge in [-0.1, -0.05) is 12.1 Å². The Bertz CT molecular complexity index is 415. The van der Waals surface area contributed by atoms with Gasteiger partial charge in [0, 0.05) is 19.8 Å². The van der Waals surface area contributed by atoms with E-state index in [1.807, 2.05) is 0 Å². The fraction of sp³-hybridized carbons (Fsp3) is 0.300. The standard InChI is InChI=1S/C10H10FNO3/c1-14-10(15-2)6-4-3-5-7(11)8(6)12-9(10)13/h3-5H,1-2H3,(H,12,13). The van der Waals surface area contributed by atoms with Gasteiger partial charge in [-0.2, -0.15) is 0 Å². The second-order valence-electron chi connectivity index (χ2n) is 3.14. The lowest BCUT2D eigenvalue weighted by atomic mass is 10.1. The molecule has 0 saturated heterocycles. The van der Waals surface area contributed by atoms with E-state index >= 15 is 0 Å². The maximum atomic E-state index is 13.4. The zero-order valence-corrected chi connectivity index (χ0v) is 8.33. The third kappa shape index (κ3) is 1.17. The van der Waals surface area contributed by atoms with Gasteiger partial charge in [0.25, 0.3) is 11.7 Å². The van der Waals surface area contributed by atoms with Crippen LogP contribution in [0, 0.1) is 5.82 Å². The summed E-state index contributed by atoms with van der Waals surface area (Å²) in [6, 6.07) is 4.35. The summed E-state index contributed by atoms with van der Waals surface area (Å²) in [6.07, 6.45) is 0. The molecule has 5 heteroatoms. The second kappa shape index (κ2) is 3.29. The molecule has 80 valence electrons. The van der Waals surface area contributed by atoms with E-state index in [1.165, 1.54) is 26.4 Å². The van der Waals surface area contributed by atoms with Gasteiger partial charge >= 0.3 is 0 Å². The number of para-hydroxylation sites is 1. The van der Waals surface area contributed by atoms with Crippen molar-refractivity contribution in [3.8, 4) is 0 Å². The molecular formula is C10H10FNO3. The zero-order valence-electron chi connectivity index (χ0n) is 8.33. The van der Waals surface area contributed by atoms with E-state index < -0.39 is 17.5 Å². The number of benzene rings is 1. The summed E-state index contributed by atoms with van der Waals surface area (Å²) in [7, 11) is 2.67. The molecule has 0 aliphatic carbocycles. The number of nitrogens with one attached hydrogen (secondary N) is 1. The molecule has 15 heavy (non-hydrogen) atoms. The Hall–Kier alpha value is -1.46. The van der Waals surface area contributed by atoms with Crippen molar-refractivity contribution >= 4 is 11.6 Å². The van der Waals surface area contributed by atoms with E-state index in [4.69, 9.17) is 9.47 Å². The number of rotatable bonds is 2. The highest BCUT2D eigenvalue weighted by molar-refractivity contribution is 6.04. The minimum absolute atomic E-state index is 0.117. The summed E-state index contributed by atoms with van der Waals surface area (Å²) in [4.78, 5) is 11.6. The molecule has 1 amide bonds. The van der Waals surface area contributed by atoms with Gasteiger partial charge in [0.15, 0.2) is 0 Å². The lowest BCUT2D eigenvalue weighted by Gasteiger charge is -2.23. The molecule has 1 aromatic carbocycles. The smallest absolute Gasteiger partial charge is 0.289 e. The van der Waals surface area contributed by atoms with Crippen molar-refractivity contribution in [1.29, 1.82) is 0 Å². The van der Waals surface area contributed by atoms with Crippen LogP contribution in [0.1, 0.15) is 5.56 Å². The summed E-state index contributed by atoms with van der Waals surface area (Å²) in [5.74, 6) is -2.55. The number of hydrogen-bond acceptors (Lipinski definition) is 3. The molecule has 4 nitrogen and oxygen atoms in total. The number of carbonyl (C=O) groups excluding carboxylic acids is 1. The normalized spacial score (nSPS) is 17.4. The van der Waals surface area contributed by atoms with Crippen LogP contribution in [0.3, 0.4) is 0 Å². The van der Waals surface area contributed by atoms with Crippen LogP contribution in [0.25, 0.3) is 0 Å². The molecule has 0 atom stereocenters. The molecule has 1 aliphatic rings. The van der Waals surface area contributed by atoms with Crippen molar-refractivity contribution in [2.45, 2.75) is 5.79 Å². The van der Waals surface area contributed by atoms with Gasteiger partial charge in [0.1, 0.15) is 5.82 Å². The third-order valence-electron chi connectivity index (χ3n) is 2.48. The topological polar surface area (TPSA) is 47.6 Å². The van der Waals surface area contributed by atoms with Crippen molar-refractivity contribution in [3.05, 3.63) is 29.6 Å². The minimum Gasteiger partial charge on any atom is -0.342 e. The molecule has 1 heterocycles. The molecule has 0 fully saturated rings. The third-order valence-corrected chi connectivity index (χ3v) is 2.48. The first-order valence-corrected chi connectivity index (χ1v) is 4.36. The predicted octanol–water partition coefficient (Wildman–Crippen LogP) is 1.22. The van der Waals surface area contributed by atoms with Crippen molar-refractivity contribution < 1.29 is 18.7 Å². The first kappa shape index (κ1) is 10.1. The van der Waals surface area contributed by atoms with Crippen LogP contribution in [0.2, 0.25) is 0 Å². The van der Waals surface area contributed by atoms with Gasteiger partial charge in [-0.05, 0) is 6.07 Å². The number of fused-ring (bicyclic) bond motifs is 1. The largest absolute Gasteiger partial charge is 0.342 e. The fourth-order valence-corrected chi connectivity index (χ4v) is 1.73. The Labute approximate surface area is 86.0 Å². The number of anilines is 1. The Morgan fingerprint density at radius 2 is 2.00 bits per heavy atom. The minimum atomic E-state index is -1.53. The van der Waals surface area contributed by atoms with E-state index in [-0.39, 0.29) is 5.69 Å². The molecule has 1 aliphatic heterocycles. The fourth-order valence-electron chi connectivity index (χ4n) is 1.73. The number of halogens is 1. The van der Waals surface area contributed by atoms with Gasteiger partial charge < -0.3 is 14.8 Å². The summed E-state index contributed by atoms with van der Waals surface area (Å²) < 4.78 is 23.4. The highest BCUT2D eigenvalue weighted by Gasteiger charge is 2.49. The summed E-state index contributed by atoms with van der Waals surface area (Å²) in [5, 5.41) is 2.39. The van der Waals surface area contributed by atoms with Crippen molar-refractivity contribution in [3.63, 3.8) is 0 Å². The van der Waals surface area contributed by atoms with Crippen LogP contribution >= 0.6 is 0 Å². The van der Waals surface area contributed by atoms with E-state index in [0.717, 1.165) is 0 Å². The van der Waals surface area contributed by atoms with Crippen molar-refractivity contribution in [2.24, 2.45) is 0 Å². The number of hydrogen-bond donors (Lipinski definition) is 1. The van der Waals surface area contributed by atoms with Crippen molar-refractivity contribution in [1.82, 2.24) is 0 Å². The maximum absolute atomic E-state index is 13.4. The molecule has 2 rings (SSSR count). The number of ether oxygens (including phenoxy) is 2. The average Bonchev–Trinajstić information content (AvgIpc) is 2.53. The van der Waals surface area contributed by atoms with Crippen LogP contribution in [-0.2, 0) is 20.1 Å². The van der Waals surface area contributed by atoms with Gasteiger partial charge in [-0.3, -0.25) is 4.79 Å². The lowest BCUT2D eigenvalue weighted by Crippen LogP contribution is -2.38. The number of carbonyl (C=O) groups is 1. The quantitative estimate of drug-likeness (QED) is 0.748. The van der Waals surface area contributed by atoms with Crippen LogP contribution in [0.4, 0.5) is 10.1 Å². The monoisotopic (exact) mass is 211 g/mol. The average molecular weight is 211 g/mol. The lowest BCUT2D eigenvalue weighted by molar-refractivity contribution is -0.207. The molecule has 1 N–H and O–H groups in total. The van der Waals surface area contributed by atoms with Crippen LogP contribution < -0.4 is 5.32 Å². The number of methoxy groups -OCH3 is 2. The molecule has 0 spiro atoms. The molecule has 0 saturated carbocycles. The molecule has 0 unspecified atom stereocenters. The van der Waals surface area contributed by atoms with Crippen molar-refractivity contribution in [2.75, 3.05) is 19.5 Å². The Kier molecular flexibility index (Phi) is 2.21. The molecular weight excluding hydrogens is 201 g/mol. The molecule has 1 aromatic rings. The van der Waals surface area contributed by atoms with E-state index in [1.54, 1.807) is 6.07 Å². The van der Waals surface area contributed by atoms with Gasteiger partial charge in [0.2, 0.25) is 0 Å². The Balaban J connectivity index is 2.64. The molecule has 0 radical (unpaired) electrons. The Morgan fingerprint density at radius 1 is 1.33 bits per heavy atom. The Morgan fingerprint density at radius 3 is 2.60 bits per heavy atom. The van der Waals surface area contributed by atoms with E-state index in [0.29, 0.717) is 5.56 Å². The van der Waals surface area contributed by atoms with Crippen LogP contribution in [0.15, 0.2) is 18.2 Å². The van der Waals surface area contributed by atoms with Gasteiger partial charge in [-0.15, -0.1) is 0 Å². The molecule has 0 aromatic heterocycles.